The Morgan fingerprint density at radius 3 is 1.92 bits per heavy atom. The molecule has 2 aromatic rings. The Kier molecular flexibility index (Phi) is 9.76. The van der Waals surface area contributed by atoms with Gasteiger partial charge in [0.1, 0.15) is 0 Å². The summed E-state index contributed by atoms with van der Waals surface area (Å²) in [4.78, 5) is 0. The van der Waals surface area contributed by atoms with E-state index < -0.39 is 6.11 Å². The summed E-state index contributed by atoms with van der Waals surface area (Å²) < 4.78 is 34.6. The molecule has 0 amide bonds. The molecule has 0 unspecified atom stereocenters. The molecule has 0 radical (unpaired) electrons. The second-order valence-corrected chi connectivity index (χ2v) is 11.1. The zero-order valence-corrected chi connectivity index (χ0v) is 22.2. The molecular weight excluding hydrogens is 450 g/mol. The van der Waals surface area contributed by atoms with Crippen LogP contribution in [-0.4, -0.2) is 6.61 Å². The van der Waals surface area contributed by atoms with Crippen LogP contribution in [-0.2, 0) is 17.3 Å². The van der Waals surface area contributed by atoms with Gasteiger partial charge >= 0.3 is 6.11 Å². The van der Waals surface area contributed by atoms with Crippen molar-refractivity contribution in [3.05, 3.63) is 82.9 Å². The van der Waals surface area contributed by atoms with Crippen LogP contribution in [0.3, 0.4) is 0 Å². The molecule has 0 atom stereocenters. The molecular formula is C33H44F2O. The highest BCUT2D eigenvalue weighted by Gasteiger charge is 2.33. The van der Waals surface area contributed by atoms with Gasteiger partial charge in [0, 0.05) is 0 Å². The maximum Gasteiger partial charge on any atom is 0.383 e. The summed E-state index contributed by atoms with van der Waals surface area (Å²) in [6.45, 7) is 4.35. The smallest absolute Gasteiger partial charge is 0.316 e. The highest BCUT2D eigenvalue weighted by atomic mass is 19.3. The van der Waals surface area contributed by atoms with Gasteiger partial charge in [-0.25, -0.2) is 0 Å². The molecule has 196 valence electrons. The van der Waals surface area contributed by atoms with E-state index in [0.717, 1.165) is 24.3 Å². The minimum atomic E-state index is -3.26. The molecule has 0 saturated heterocycles. The summed E-state index contributed by atoms with van der Waals surface area (Å²) >= 11 is 0. The number of hydrogen-bond donors (Lipinski definition) is 0. The van der Waals surface area contributed by atoms with Crippen molar-refractivity contribution in [2.75, 3.05) is 6.61 Å². The molecule has 2 aliphatic carbocycles. The summed E-state index contributed by atoms with van der Waals surface area (Å²) in [5.41, 5.74) is 3.57. The van der Waals surface area contributed by atoms with Gasteiger partial charge in [0.15, 0.2) is 0 Å². The van der Waals surface area contributed by atoms with Crippen molar-refractivity contribution in [3.8, 4) is 0 Å². The van der Waals surface area contributed by atoms with Crippen molar-refractivity contribution in [3.63, 3.8) is 0 Å². The third-order valence-corrected chi connectivity index (χ3v) is 8.62. The largest absolute Gasteiger partial charge is 0.383 e. The van der Waals surface area contributed by atoms with E-state index in [1.807, 2.05) is 12.1 Å². The van der Waals surface area contributed by atoms with Crippen molar-refractivity contribution in [2.45, 2.75) is 102 Å². The van der Waals surface area contributed by atoms with Crippen LogP contribution in [0.1, 0.15) is 112 Å². The Labute approximate surface area is 217 Å². The summed E-state index contributed by atoms with van der Waals surface area (Å²) in [6.07, 6.45) is 14.1. The van der Waals surface area contributed by atoms with E-state index in [1.165, 1.54) is 62.5 Å². The molecule has 2 aromatic carbocycles. The van der Waals surface area contributed by atoms with Crippen molar-refractivity contribution >= 4 is 0 Å². The Balaban J connectivity index is 1.23. The number of benzene rings is 2. The van der Waals surface area contributed by atoms with Crippen molar-refractivity contribution in [2.24, 2.45) is 11.8 Å². The van der Waals surface area contributed by atoms with Gasteiger partial charge in [-0.15, -0.1) is 0 Å². The third kappa shape index (κ3) is 7.28. The Bertz CT molecular complexity index is 931. The first-order valence-electron chi connectivity index (χ1n) is 14.3. The van der Waals surface area contributed by atoms with E-state index in [1.54, 1.807) is 12.1 Å². The second-order valence-electron chi connectivity index (χ2n) is 11.1. The van der Waals surface area contributed by atoms with Gasteiger partial charge in [-0.1, -0.05) is 80.4 Å². The Morgan fingerprint density at radius 2 is 1.36 bits per heavy atom. The molecule has 0 heterocycles. The second kappa shape index (κ2) is 13.0. The van der Waals surface area contributed by atoms with Gasteiger partial charge in [0.25, 0.3) is 0 Å². The lowest BCUT2D eigenvalue weighted by Crippen LogP contribution is -2.20. The van der Waals surface area contributed by atoms with Crippen molar-refractivity contribution in [1.29, 1.82) is 0 Å². The summed E-state index contributed by atoms with van der Waals surface area (Å²) in [5.74, 6) is 2.71. The maximum absolute atomic E-state index is 14.7. The number of halogens is 2. The van der Waals surface area contributed by atoms with Crippen LogP contribution in [0, 0.1) is 11.8 Å². The first-order chi connectivity index (χ1) is 17.5. The quantitative estimate of drug-likeness (QED) is 0.299. The van der Waals surface area contributed by atoms with E-state index >= 15 is 0 Å². The summed E-state index contributed by atoms with van der Waals surface area (Å²) in [6, 6.07) is 15.4. The SMILES string of the molecule is C/C=C/C1CCC(c2ccc(C(F)(F)OCCc3ccc(C4CCC(CCC)CC4)cc3)cc2)CC1. The molecule has 3 heteroatoms. The van der Waals surface area contributed by atoms with Crippen molar-refractivity contribution < 1.29 is 13.5 Å². The zero-order chi connectivity index (χ0) is 25.4. The van der Waals surface area contributed by atoms with Crippen LogP contribution in [0.2, 0.25) is 0 Å². The highest BCUT2D eigenvalue weighted by Crippen LogP contribution is 2.39. The van der Waals surface area contributed by atoms with Gasteiger partial charge < -0.3 is 4.74 Å². The van der Waals surface area contributed by atoms with E-state index in [-0.39, 0.29) is 12.2 Å². The minimum Gasteiger partial charge on any atom is -0.316 e. The molecule has 1 nitrogen and oxygen atoms in total. The van der Waals surface area contributed by atoms with Crippen LogP contribution in [0.4, 0.5) is 8.78 Å². The normalized spacial score (nSPS) is 25.3. The topological polar surface area (TPSA) is 9.23 Å². The van der Waals surface area contributed by atoms with E-state index in [0.29, 0.717) is 24.2 Å². The fraction of sp³-hybridized carbons (Fsp3) is 0.576. The predicted octanol–water partition coefficient (Wildman–Crippen LogP) is 9.92. The average molecular weight is 495 g/mol. The molecule has 0 bridgehead atoms. The minimum absolute atomic E-state index is 0.00514. The van der Waals surface area contributed by atoms with Gasteiger partial charge in [-0.05, 0) is 105 Å². The first kappa shape index (κ1) is 27.0. The van der Waals surface area contributed by atoms with Crippen LogP contribution < -0.4 is 0 Å². The molecule has 0 aliphatic heterocycles. The first-order valence-corrected chi connectivity index (χ1v) is 14.3. The number of alkyl halides is 2. The average Bonchev–Trinajstić information content (AvgIpc) is 2.90. The third-order valence-electron chi connectivity index (χ3n) is 8.62. The van der Waals surface area contributed by atoms with E-state index in [9.17, 15) is 8.78 Å². The lowest BCUT2D eigenvalue weighted by atomic mass is 9.77. The van der Waals surface area contributed by atoms with Crippen LogP contribution in [0.5, 0.6) is 0 Å². The van der Waals surface area contributed by atoms with Crippen LogP contribution in [0.25, 0.3) is 0 Å². The number of hydrogen-bond acceptors (Lipinski definition) is 1. The van der Waals surface area contributed by atoms with Gasteiger partial charge in [0.05, 0.1) is 12.2 Å². The summed E-state index contributed by atoms with van der Waals surface area (Å²) in [5, 5.41) is 0. The fourth-order valence-corrected chi connectivity index (χ4v) is 6.40. The van der Waals surface area contributed by atoms with Crippen molar-refractivity contribution in [1.82, 2.24) is 0 Å². The number of rotatable bonds is 10. The monoisotopic (exact) mass is 494 g/mol. The molecule has 36 heavy (non-hydrogen) atoms. The van der Waals surface area contributed by atoms with Gasteiger partial charge in [-0.2, -0.15) is 8.78 Å². The Morgan fingerprint density at radius 1 is 0.806 bits per heavy atom. The summed E-state index contributed by atoms with van der Waals surface area (Å²) in [7, 11) is 0. The number of ether oxygens (including phenoxy) is 1. The fourth-order valence-electron chi connectivity index (χ4n) is 6.40. The molecule has 4 rings (SSSR count). The number of allylic oxidation sites excluding steroid dienone is 2. The molecule has 0 aromatic heterocycles. The molecule has 0 spiro atoms. The van der Waals surface area contributed by atoms with Crippen LogP contribution in [0.15, 0.2) is 60.7 Å². The standard InChI is InChI=1S/C33H44F2O/c1-3-5-25-7-13-28(14-8-25)29-17-11-27(12-18-29)23-24-36-33(34,35)32-21-19-31(20-22-32)30-15-9-26(6-4-2)10-16-30/h4,6,11-12,17-22,25-26,28,30H,3,5,7-10,13-16,23-24H2,1-2H3/b6-4+. The zero-order valence-electron chi connectivity index (χ0n) is 22.2. The highest BCUT2D eigenvalue weighted by molar-refractivity contribution is 5.28. The van der Waals surface area contributed by atoms with E-state index in [2.05, 4.69) is 50.3 Å². The molecule has 2 saturated carbocycles. The molecule has 2 aliphatic rings. The molecule has 0 N–H and O–H groups in total. The Hall–Kier alpha value is -2.00. The van der Waals surface area contributed by atoms with Crippen LogP contribution >= 0.6 is 0 Å². The lowest BCUT2D eigenvalue weighted by Gasteiger charge is -2.28. The lowest BCUT2D eigenvalue weighted by molar-refractivity contribution is -0.248. The maximum atomic E-state index is 14.7. The predicted molar refractivity (Wildman–Crippen MR) is 146 cm³/mol. The van der Waals surface area contributed by atoms with E-state index in [4.69, 9.17) is 4.74 Å². The van der Waals surface area contributed by atoms with Gasteiger partial charge in [0.2, 0.25) is 0 Å². The molecule has 2 fully saturated rings. The van der Waals surface area contributed by atoms with Gasteiger partial charge in [-0.3, -0.25) is 0 Å².